The Kier molecular flexibility index (Phi) is 4.54. The molecule has 0 saturated carbocycles. The summed E-state index contributed by atoms with van der Waals surface area (Å²) < 4.78 is 0. The zero-order valence-corrected chi connectivity index (χ0v) is 9.65. The lowest BCUT2D eigenvalue weighted by molar-refractivity contribution is -0.136. The molecular formula is C11H22N2O2. The number of aliphatic hydroxyl groups excluding tert-OH is 1. The summed E-state index contributed by atoms with van der Waals surface area (Å²) in [5, 5.41) is 9.77. The number of hydrogen-bond donors (Lipinski definition) is 2. The Morgan fingerprint density at radius 3 is 2.87 bits per heavy atom. The molecule has 1 heterocycles. The third kappa shape index (κ3) is 3.18. The van der Waals surface area contributed by atoms with Crippen LogP contribution in [0.1, 0.15) is 33.1 Å². The van der Waals surface area contributed by atoms with Crippen molar-refractivity contribution in [3.63, 3.8) is 0 Å². The molecular weight excluding hydrogens is 192 g/mol. The maximum atomic E-state index is 11.7. The SMILES string of the molecule is CCC[C@@H]1CN(C(=O)[C@@H](C)N)CC[C@H]1O. The number of carbonyl (C=O) groups excluding carboxylic acids is 1. The van der Waals surface area contributed by atoms with Gasteiger partial charge in [-0.25, -0.2) is 0 Å². The van der Waals surface area contributed by atoms with Gasteiger partial charge in [-0.1, -0.05) is 13.3 Å². The highest BCUT2D eigenvalue weighted by molar-refractivity contribution is 5.81. The first-order valence-electron chi connectivity index (χ1n) is 5.78. The van der Waals surface area contributed by atoms with Crippen LogP contribution in [0.15, 0.2) is 0 Å². The van der Waals surface area contributed by atoms with E-state index in [-0.39, 0.29) is 17.9 Å². The quantitative estimate of drug-likeness (QED) is 0.712. The highest BCUT2D eigenvalue weighted by Gasteiger charge is 2.30. The molecule has 1 rings (SSSR count). The van der Waals surface area contributed by atoms with Crippen molar-refractivity contribution >= 4 is 5.91 Å². The second-order valence-corrected chi connectivity index (χ2v) is 4.48. The topological polar surface area (TPSA) is 66.6 Å². The minimum Gasteiger partial charge on any atom is -0.393 e. The van der Waals surface area contributed by atoms with Gasteiger partial charge in [0.25, 0.3) is 0 Å². The van der Waals surface area contributed by atoms with Gasteiger partial charge < -0.3 is 15.7 Å². The van der Waals surface area contributed by atoms with E-state index in [0.29, 0.717) is 19.5 Å². The van der Waals surface area contributed by atoms with E-state index in [9.17, 15) is 9.90 Å². The van der Waals surface area contributed by atoms with Crippen LogP contribution in [-0.2, 0) is 4.79 Å². The van der Waals surface area contributed by atoms with Crippen LogP contribution < -0.4 is 5.73 Å². The van der Waals surface area contributed by atoms with Crippen molar-refractivity contribution in [2.75, 3.05) is 13.1 Å². The highest BCUT2D eigenvalue weighted by Crippen LogP contribution is 2.21. The van der Waals surface area contributed by atoms with Crippen molar-refractivity contribution in [3.05, 3.63) is 0 Å². The molecule has 88 valence electrons. The lowest BCUT2D eigenvalue weighted by Gasteiger charge is -2.37. The zero-order chi connectivity index (χ0) is 11.4. The van der Waals surface area contributed by atoms with E-state index >= 15 is 0 Å². The molecule has 0 unspecified atom stereocenters. The molecule has 0 aromatic heterocycles. The van der Waals surface area contributed by atoms with Crippen molar-refractivity contribution in [2.24, 2.45) is 11.7 Å². The molecule has 15 heavy (non-hydrogen) atoms. The van der Waals surface area contributed by atoms with E-state index in [0.717, 1.165) is 12.8 Å². The van der Waals surface area contributed by atoms with Crippen LogP contribution >= 0.6 is 0 Å². The van der Waals surface area contributed by atoms with Crippen LogP contribution in [0.2, 0.25) is 0 Å². The van der Waals surface area contributed by atoms with E-state index in [1.165, 1.54) is 0 Å². The van der Waals surface area contributed by atoms with Gasteiger partial charge in [0.05, 0.1) is 12.1 Å². The monoisotopic (exact) mass is 214 g/mol. The Bertz CT molecular complexity index is 219. The average Bonchev–Trinajstić information content (AvgIpc) is 2.20. The molecule has 0 bridgehead atoms. The van der Waals surface area contributed by atoms with E-state index < -0.39 is 6.04 Å². The summed E-state index contributed by atoms with van der Waals surface area (Å²) in [4.78, 5) is 13.5. The van der Waals surface area contributed by atoms with Crippen LogP contribution in [-0.4, -0.2) is 41.1 Å². The molecule has 1 aliphatic rings. The Hall–Kier alpha value is -0.610. The van der Waals surface area contributed by atoms with Crippen molar-refractivity contribution < 1.29 is 9.90 Å². The van der Waals surface area contributed by atoms with Gasteiger partial charge in [-0.15, -0.1) is 0 Å². The number of hydrogen-bond acceptors (Lipinski definition) is 3. The van der Waals surface area contributed by atoms with Gasteiger partial charge in [-0.05, 0) is 19.8 Å². The first kappa shape index (κ1) is 12.5. The van der Waals surface area contributed by atoms with Gasteiger partial charge in [0, 0.05) is 19.0 Å². The minimum atomic E-state index is -0.428. The summed E-state index contributed by atoms with van der Waals surface area (Å²) >= 11 is 0. The standard InChI is InChI=1S/C11H22N2O2/c1-3-4-9-7-13(6-5-10(9)14)11(15)8(2)12/h8-10,14H,3-7,12H2,1-2H3/t8-,9-,10-/m1/s1. The number of amides is 1. The Morgan fingerprint density at radius 1 is 1.67 bits per heavy atom. The molecule has 1 amide bonds. The lowest BCUT2D eigenvalue weighted by atomic mass is 9.90. The fraction of sp³-hybridized carbons (Fsp3) is 0.909. The molecule has 0 aromatic carbocycles. The lowest BCUT2D eigenvalue weighted by Crippen LogP contribution is -2.50. The first-order chi connectivity index (χ1) is 7.06. The second-order valence-electron chi connectivity index (χ2n) is 4.48. The van der Waals surface area contributed by atoms with Crippen LogP contribution in [0.3, 0.4) is 0 Å². The average molecular weight is 214 g/mol. The number of rotatable bonds is 3. The minimum absolute atomic E-state index is 0.00278. The van der Waals surface area contributed by atoms with E-state index in [2.05, 4.69) is 6.92 Å². The van der Waals surface area contributed by atoms with Gasteiger partial charge in [0.15, 0.2) is 0 Å². The molecule has 0 radical (unpaired) electrons. The van der Waals surface area contributed by atoms with Gasteiger partial charge in [0.2, 0.25) is 5.91 Å². The molecule has 3 N–H and O–H groups in total. The van der Waals surface area contributed by atoms with Crippen molar-refractivity contribution in [1.82, 2.24) is 4.90 Å². The molecule has 4 nitrogen and oxygen atoms in total. The third-order valence-corrected chi connectivity index (χ3v) is 3.05. The fourth-order valence-electron chi connectivity index (χ4n) is 2.16. The van der Waals surface area contributed by atoms with Gasteiger partial charge in [0.1, 0.15) is 0 Å². The molecule has 1 aliphatic heterocycles. The van der Waals surface area contributed by atoms with E-state index in [1.807, 2.05) is 0 Å². The molecule has 0 spiro atoms. The summed E-state index contributed by atoms with van der Waals surface area (Å²) in [6.07, 6.45) is 2.46. The van der Waals surface area contributed by atoms with Gasteiger partial charge in [-0.3, -0.25) is 4.79 Å². The fourth-order valence-corrected chi connectivity index (χ4v) is 2.16. The van der Waals surface area contributed by atoms with Crippen LogP contribution in [0.25, 0.3) is 0 Å². The van der Waals surface area contributed by atoms with Crippen LogP contribution in [0.4, 0.5) is 0 Å². The third-order valence-electron chi connectivity index (χ3n) is 3.05. The largest absolute Gasteiger partial charge is 0.393 e. The Balaban J connectivity index is 2.53. The summed E-state index contributed by atoms with van der Waals surface area (Å²) in [6, 6.07) is -0.428. The molecule has 0 aliphatic carbocycles. The van der Waals surface area contributed by atoms with Gasteiger partial charge >= 0.3 is 0 Å². The first-order valence-corrected chi connectivity index (χ1v) is 5.78. The van der Waals surface area contributed by atoms with Crippen molar-refractivity contribution in [1.29, 1.82) is 0 Å². The molecule has 4 heteroatoms. The summed E-state index contributed by atoms with van der Waals surface area (Å²) in [5.74, 6) is 0.231. The maximum Gasteiger partial charge on any atom is 0.239 e. The second kappa shape index (κ2) is 5.47. The van der Waals surface area contributed by atoms with Crippen LogP contribution in [0.5, 0.6) is 0 Å². The van der Waals surface area contributed by atoms with Crippen molar-refractivity contribution in [2.45, 2.75) is 45.3 Å². The predicted octanol–water partition coefficient (Wildman–Crippen LogP) is 0.343. The number of piperidine rings is 1. The van der Waals surface area contributed by atoms with E-state index in [4.69, 9.17) is 5.73 Å². The molecule has 1 saturated heterocycles. The number of nitrogens with two attached hydrogens (primary N) is 1. The normalized spacial score (nSPS) is 28.9. The number of likely N-dealkylation sites (tertiary alicyclic amines) is 1. The predicted molar refractivity (Wildman–Crippen MR) is 59.3 cm³/mol. The smallest absolute Gasteiger partial charge is 0.239 e. The molecule has 3 atom stereocenters. The highest BCUT2D eigenvalue weighted by atomic mass is 16.3. The number of nitrogens with zero attached hydrogens (tertiary/aromatic N) is 1. The zero-order valence-electron chi connectivity index (χ0n) is 9.65. The maximum absolute atomic E-state index is 11.7. The number of aliphatic hydroxyl groups is 1. The van der Waals surface area contributed by atoms with E-state index in [1.54, 1.807) is 11.8 Å². The number of carbonyl (C=O) groups is 1. The summed E-state index contributed by atoms with van der Waals surface area (Å²) in [7, 11) is 0. The molecule has 1 fully saturated rings. The summed E-state index contributed by atoms with van der Waals surface area (Å²) in [6.45, 7) is 5.11. The summed E-state index contributed by atoms with van der Waals surface area (Å²) in [5.41, 5.74) is 5.57. The van der Waals surface area contributed by atoms with Gasteiger partial charge in [-0.2, -0.15) is 0 Å². The molecule has 0 aromatic rings. The Morgan fingerprint density at radius 2 is 2.33 bits per heavy atom. The Labute approximate surface area is 91.4 Å². The van der Waals surface area contributed by atoms with Crippen LogP contribution in [0, 0.1) is 5.92 Å². The van der Waals surface area contributed by atoms with Crippen molar-refractivity contribution in [3.8, 4) is 0 Å².